The lowest BCUT2D eigenvalue weighted by molar-refractivity contribution is -0.00844. The van der Waals surface area contributed by atoms with Crippen molar-refractivity contribution >= 4 is 0 Å². The van der Waals surface area contributed by atoms with Crippen LogP contribution >= 0.6 is 0 Å². The van der Waals surface area contributed by atoms with Gasteiger partial charge in [0, 0.05) is 13.2 Å². The van der Waals surface area contributed by atoms with Crippen LogP contribution in [0, 0.1) is 0 Å². The molecule has 0 heterocycles. The van der Waals surface area contributed by atoms with Gasteiger partial charge in [0.2, 0.25) is 0 Å². The molecule has 0 aromatic heterocycles. The van der Waals surface area contributed by atoms with E-state index in [0.717, 1.165) is 26.2 Å². The number of ether oxygens (including phenoxy) is 2. The van der Waals surface area contributed by atoms with Gasteiger partial charge in [0.1, 0.15) is 0 Å². The molecule has 0 fully saturated rings. The van der Waals surface area contributed by atoms with Crippen molar-refractivity contribution in [3.05, 3.63) is 0 Å². The molecule has 0 rings (SSSR count). The zero-order chi connectivity index (χ0) is 14.2. The van der Waals surface area contributed by atoms with E-state index in [0.29, 0.717) is 0 Å². The van der Waals surface area contributed by atoms with Gasteiger partial charge in [-0.2, -0.15) is 0 Å². The maximum atomic E-state index is 5.74. The molecule has 0 N–H and O–H groups in total. The predicted molar refractivity (Wildman–Crippen MR) is 83.8 cm³/mol. The average Bonchev–Trinajstić information content (AvgIpc) is 2.42. The van der Waals surface area contributed by atoms with Crippen LogP contribution in [0.25, 0.3) is 0 Å². The molecule has 0 saturated heterocycles. The van der Waals surface area contributed by atoms with Gasteiger partial charge in [0.05, 0.1) is 12.7 Å². The number of rotatable bonds is 15. The summed E-state index contributed by atoms with van der Waals surface area (Å²) in [7, 11) is 0. The van der Waals surface area contributed by atoms with E-state index in [1.54, 1.807) is 0 Å². The SMILES string of the molecule is CCCCCCCCCCOC(C)COCCCC. The average molecular weight is 272 g/mol. The van der Waals surface area contributed by atoms with Crippen molar-refractivity contribution in [1.82, 2.24) is 0 Å². The van der Waals surface area contributed by atoms with E-state index in [1.165, 1.54) is 57.8 Å². The third kappa shape index (κ3) is 15.9. The largest absolute Gasteiger partial charge is 0.379 e. The van der Waals surface area contributed by atoms with Crippen molar-refractivity contribution in [3.8, 4) is 0 Å². The minimum absolute atomic E-state index is 0.251. The second-order valence-electron chi connectivity index (χ2n) is 5.58. The van der Waals surface area contributed by atoms with Gasteiger partial charge < -0.3 is 9.47 Å². The van der Waals surface area contributed by atoms with Crippen molar-refractivity contribution in [2.75, 3.05) is 19.8 Å². The Morgan fingerprint density at radius 1 is 0.684 bits per heavy atom. The number of hydrogen-bond donors (Lipinski definition) is 0. The van der Waals surface area contributed by atoms with E-state index in [-0.39, 0.29) is 6.10 Å². The molecule has 0 radical (unpaired) electrons. The summed E-state index contributed by atoms with van der Waals surface area (Å²) in [4.78, 5) is 0. The van der Waals surface area contributed by atoms with Gasteiger partial charge in [-0.1, -0.05) is 65.2 Å². The highest BCUT2D eigenvalue weighted by molar-refractivity contribution is 4.49. The number of hydrogen-bond acceptors (Lipinski definition) is 2. The first-order valence-electron chi connectivity index (χ1n) is 8.50. The Morgan fingerprint density at radius 3 is 1.89 bits per heavy atom. The molecule has 0 aliphatic carbocycles. The lowest BCUT2D eigenvalue weighted by atomic mass is 10.1. The first-order chi connectivity index (χ1) is 9.31. The van der Waals surface area contributed by atoms with Crippen LogP contribution in [0.4, 0.5) is 0 Å². The maximum absolute atomic E-state index is 5.74. The summed E-state index contributed by atoms with van der Waals surface area (Å²) >= 11 is 0. The van der Waals surface area contributed by atoms with Crippen LogP contribution in [-0.4, -0.2) is 25.9 Å². The summed E-state index contributed by atoms with van der Waals surface area (Å²) < 4.78 is 11.3. The molecular weight excluding hydrogens is 236 g/mol. The fourth-order valence-electron chi connectivity index (χ4n) is 2.06. The third-order valence-electron chi connectivity index (χ3n) is 3.40. The van der Waals surface area contributed by atoms with Gasteiger partial charge >= 0.3 is 0 Å². The van der Waals surface area contributed by atoms with Crippen LogP contribution in [0.3, 0.4) is 0 Å². The molecule has 0 aliphatic rings. The van der Waals surface area contributed by atoms with Gasteiger partial charge in [0.25, 0.3) is 0 Å². The molecule has 0 bridgehead atoms. The van der Waals surface area contributed by atoms with Crippen LogP contribution in [0.1, 0.15) is 85.0 Å². The Balaban J connectivity index is 3.07. The van der Waals surface area contributed by atoms with Crippen molar-refractivity contribution in [1.29, 1.82) is 0 Å². The summed E-state index contributed by atoms with van der Waals surface area (Å²) in [5.74, 6) is 0. The molecule has 19 heavy (non-hydrogen) atoms. The van der Waals surface area contributed by atoms with Crippen molar-refractivity contribution in [3.63, 3.8) is 0 Å². The van der Waals surface area contributed by atoms with Crippen molar-refractivity contribution in [2.45, 2.75) is 91.1 Å². The Morgan fingerprint density at radius 2 is 1.26 bits per heavy atom. The first kappa shape index (κ1) is 18.9. The summed E-state index contributed by atoms with van der Waals surface area (Å²) in [6.45, 7) is 9.08. The first-order valence-corrected chi connectivity index (χ1v) is 8.50. The predicted octanol–water partition coefficient (Wildman–Crippen LogP) is 5.35. The van der Waals surface area contributed by atoms with E-state index in [9.17, 15) is 0 Å². The van der Waals surface area contributed by atoms with E-state index >= 15 is 0 Å². The molecular formula is C17H36O2. The summed E-state index contributed by atoms with van der Waals surface area (Å²) in [6, 6.07) is 0. The van der Waals surface area contributed by atoms with Crippen LogP contribution in [0.15, 0.2) is 0 Å². The number of unbranched alkanes of at least 4 members (excludes halogenated alkanes) is 8. The Labute approximate surface area is 121 Å². The minimum Gasteiger partial charge on any atom is -0.379 e. The standard InChI is InChI=1S/C17H36O2/c1-4-6-8-9-10-11-12-13-15-19-17(3)16-18-14-7-5-2/h17H,4-16H2,1-3H3. The summed E-state index contributed by atoms with van der Waals surface area (Å²) in [5.41, 5.74) is 0. The van der Waals surface area contributed by atoms with Crippen LogP contribution in [-0.2, 0) is 9.47 Å². The quantitative estimate of drug-likeness (QED) is 0.374. The highest BCUT2D eigenvalue weighted by Gasteiger charge is 2.01. The zero-order valence-corrected chi connectivity index (χ0v) is 13.6. The van der Waals surface area contributed by atoms with Gasteiger partial charge in [-0.15, -0.1) is 0 Å². The molecule has 0 saturated carbocycles. The van der Waals surface area contributed by atoms with E-state index in [4.69, 9.17) is 9.47 Å². The molecule has 2 nitrogen and oxygen atoms in total. The smallest absolute Gasteiger partial charge is 0.0780 e. The molecule has 0 spiro atoms. The van der Waals surface area contributed by atoms with Gasteiger partial charge in [-0.3, -0.25) is 0 Å². The van der Waals surface area contributed by atoms with Crippen LogP contribution in [0.5, 0.6) is 0 Å². The Bertz CT molecular complexity index is 159. The van der Waals surface area contributed by atoms with Crippen LogP contribution in [0.2, 0.25) is 0 Å². The summed E-state index contributed by atoms with van der Waals surface area (Å²) in [6.07, 6.45) is 13.5. The Hall–Kier alpha value is -0.0800. The zero-order valence-electron chi connectivity index (χ0n) is 13.6. The van der Waals surface area contributed by atoms with Gasteiger partial charge in [-0.05, 0) is 19.8 Å². The molecule has 116 valence electrons. The molecule has 1 atom stereocenters. The van der Waals surface area contributed by atoms with E-state index in [2.05, 4.69) is 20.8 Å². The second kappa shape index (κ2) is 16.0. The Kier molecular flexibility index (Phi) is 15.9. The molecule has 0 aromatic carbocycles. The molecule has 0 aromatic rings. The second-order valence-corrected chi connectivity index (χ2v) is 5.58. The molecule has 1 unspecified atom stereocenters. The fourth-order valence-corrected chi connectivity index (χ4v) is 2.06. The van der Waals surface area contributed by atoms with Crippen LogP contribution < -0.4 is 0 Å². The minimum atomic E-state index is 0.251. The normalized spacial score (nSPS) is 12.8. The fraction of sp³-hybridized carbons (Fsp3) is 1.00. The molecule has 0 aliphatic heterocycles. The summed E-state index contributed by atoms with van der Waals surface area (Å²) in [5, 5.41) is 0. The van der Waals surface area contributed by atoms with Gasteiger partial charge in [-0.25, -0.2) is 0 Å². The van der Waals surface area contributed by atoms with E-state index < -0.39 is 0 Å². The molecule has 0 amide bonds. The maximum Gasteiger partial charge on any atom is 0.0780 e. The van der Waals surface area contributed by atoms with Crippen molar-refractivity contribution in [2.24, 2.45) is 0 Å². The highest BCUT2D eigenvalue weighted by Crippen LogP contribution is 2.08. The monoisotopic (exact) mass is 272 g/mol. The van der Waals surface area contributed by atoms with E-state index in [1.807, 2.05) is 0 Å². The topological polar surface area (TPSA) is 18.5 Å². The van der Waals surface area contributed by atoms with Gasteiger partial charge in [0.15, 0.2) is 0 Å². The third-order valence-corrected chi connectivity index (χ3v) is 3.40. The lowest BCUT2D eigenvalue weighted by Crippen LogP contribution is -2.17. The highest BCUT2D eigenvalue weighted by atomic mass is 16.5. The van der Waals surface area contributed by atoms with Crippen molar-refractivity contribution < 1.29 is 9.47 Å². The lowest BCUT2D eigenvalue weighted by Gasteiger charge is -2.13. The molecule has 2 heteroatoms.